The Labute approximate surface area is 270 Å². The number of aliphatic hydroxyl groups excluding tert-OH is 1. The lowest BCUT2D eigenvalue weighted by atomic mass is 10.1. The minimum absolute atomic E-state index is 0.00515. The summed E-state index contributed by atoms with van der Waals surface area (Å²) < 4.78 is 43.1. The first-order valence-corrected chi connectivity index (χ1v) is 14.9. The van der Waals surface area contributed by atoms with Crippen LogP contribution in [0.15, 0.2) is 35.3 Å². The zero-order valence-corrected chi connectivity index (χ0v) is 26.1. The number of aliphatic hydroxyl groups is 1. The van der Waals surface area contributed by atoms with Crippen LogP contribution in [0.1, 0.15) is 34.2 Å². The number of alkyl halides is 3. The van der Waals surface area contributed by atoms with Gasteiger partial charge >= 0.3 is 6.18 Å². The van der Waals surface area contributed by atoms with Crippen molar-refractivity contribution in [1.82, 2.24) is 29.0 Å². The molecule has 0 aliphatic carbocycles. The first-order chi connectivity index (χ1) is 22.3. The number of nitrogens with zero attached hydrogens (tertiary/aromatic N) is 7. The van der Waals surface area contributed by atoms with Crippen molar-refractivity contribution in [2.24, 2.45) is 0 Å². The van der Waals surface area contributed by atoms with Crippen LogP contribution < -0.4 is 21.1 Å². The van der Waals surface area contributed by atoms with E-state index >= 15 is 0 Å². The van der Waals surface area contributed by atoms with Gasteiger partial charge in [0.1, 0.15) is 18.0 Å². The molecule has 0 spiro atoms. The fourth-order valence-electron chi connectivity index (χ4n) is 5.37. The van der Waals surface area contributed by atoms with Crippen molar-refractivity contribution in [3.05, 3.63) is 68.4 Å². The fraction of sp³-hybridized carbons (Fsp3) is 0.379. The molecule has 4 heterocycles. The zero-order valence-electron chi connectivity index (χ0n) is 25.3. The second-order valence-corrected chi connectivity index (χ2v) is 11.1. The summed E-state index contributed by atoms with van der Waals surface area (Å²) in [6.45, 7) is 3.48. The van der Waals surface area contributed by atoms with E-state index in [1.54, 1.807) is 11.8 Å². The highest BCUT2D eigenvalue weighted by molar-refractivity contribution is 6.31. The van der Waals surface area contributed by atoms with Crippen LogP contribution in [-0.2, 0) is 23.9 Å². The van der Waals surface area contributed by atoms with Crippen LogP contribution in [0.5, 0.6) is 5.75 Å². The highest BCUT2D eigenvalue weighted by atomic mass is 35.5. The summed E-state index contributed by atoms with van der Waals surface area (Å²) in [6, 6.07) is 4.75. The van der Waals surface area contributed by atoms with Gasteiger partial charge in [0.25, 0.3) is 11.5 Å². The summed E-state index contributed by atoms with van der Waals surface area (Å²) >= 11 is 5.82. The molecule has 0 saturated carbocycles. The number of carbonyl (C=O) groups excluding carboxylic acids is 2. The van der Waals surface area contributed by atoms with Gasteiger partial charge in [-0.2, -0.15) is 22.7 Å². The number of hydrogen-bond donors (Lipinski definition) is 4. The van der Waals surface area contributed by atoms with Gasteiger partial charge in [-0.15, -0.1) is 5.10 Å². The van der Waals surface area contributed by atoms with Crippen LogP contribution in [0, 0.1) is 6.92 Å². The topological polar surface area (TPSA) is 170 Å². The standard InChI is InChI=1S/C29H31ClF3N9O5/c1-3-20-24(39-8-10-40(11-9-39)25(46)23-21(44)5-4-6-34-23)26(47)42-28(37-27(38-42)35-7-12-43)41(20)15-22(45)36-19-14-17(29(31,32)33)18(30)13-16(19)2/h4-6,13-14,43-44H,3,7-12,15H2,1-2H3,(H,35,38)(H,36,45). The SMILES string of the molecule is CCc1c(N2CCN(C(=O)c3ncccc3O)CC2)c(=O)n2nc(NCCO)nc2n1CC(=O)Nc1cc(C(F)(F)F)c(Cl)cc1C. The number of aromatic hydroxyl groups is 1. The number of pyridine rings is 1. The monoisotopic (exact) mass is 677 g/mol. The Kier molecular flexibility index (Phi) is 9.58. The van der Waals surface area contributed by atoms with Crippen molar-refractivity contribution in [1.29, 1.82) is 0 Å². The Morgan fingerprint density at radius 2 is 1.87 bits per heavy atom. The average Bonchev–Trinajstić information content (AvgIpc) is 3.46. The molecule has 5 rings (SSSR count). The summed E-state index contributed by atoms with van der Waals surface area (Å²) in [4.78, 5) is 51.9. The Hall–Kier alpha value is -4.90. The average molecular weight is 678 g/mol. The Bertz CT molecular complexity index is 1890. The third-order valence-corrected chi connectivity index (χ3v) is 7.94. The molecule has 18 heteroatoms. The number of aromatic nitrogens is 5. The van der Waals surface area contributed by atoms with E-state index in [0.717, 1.165) is 16.6 Å². The number of nitrogens with one attached hydrogen (secondary N) is 2. The minimum Gasteiger partial charge on any atom is -0.505 e. The van der Waals surface area contributed by atoms with Crippen molar-refractivity contribution in [2.75, 3.05) is 54.9 Å². The first-order valence-electron chi connectivity index (χ1n) is 14.6. The minimum atomic E-state index is -4.74. The second-order valence-electron chi connectivity index (χ2n) is 10.7. The molecule has 3 aromatic heterocycles. The molecule has 1 aromatic carbocycles. The summed E-state index contributed by atoms with van der Waals surface area (Å²) in [5, 5.41) is 28.4. The predicted octanol–water partition coefficient (Wildman–Crippen LogP) is 2.54. The molecule has 0 unspecified atom stereocenters. The number of halogens is 4. The second kappa shape index (κ2) is 13.4. The van der Waals surface area contributed by atoms with Crippen LogP contribution in [-0.4, -0.2) is 90.4 Å². The molecule has 0 atom stereocenters. The Balaban J connectivity index is 1.50. The number of rotatable bonds is 9. The van der Waals surface area contributed by atoms with Crippen molar-refractivity contribution in [2.45, 2.75) is 33.0 Å². The fourth-order valence-corrected chi connectivity index (χ4v) is 5.70. The summed E-state index contributed by atoms with van der Waals surface area (Å²) in [5.74, 6) is -1.41. The Morgan fingerprint density at radius 1 is 1.15 bits per heavy atom. The van der Waals surface area contributed by atoms with Crippen LogP contribution in [0.2, 0.25) is 5.02 Å². The molecular formula is C29H31ClF3N9O5. The predicted molar refractivity (Wildman–Crippen MR) is 166 cm³/mol. The van der Waals surface area contributed by atoms with Crippen LogP contribution >= 0.6 is 11.6 Å². The number of fused-ring (bicyclic) bond motifs is 1. The molecular weight excluding hydrogens is 647 g/mol. The van der Waals surface area contributed by atoms with E-state index in [1.165, 1.54) is 34.7 Å². The van der Waals surface area contributed by atoms with E-state index in [1.807, 2.05) is 0 Å². The molecule has 2 amide bonds. The van der Waals surface area contributed by atoms with Gasteiger partial charge in [-0.3, -0.25) is 14.4 Å². The lowest BCUT2D eigenvalue weighted by Gasteiger charge is -2.36. The van der Waals surface area contributed by atoms with Crippen molar-refractivity contribution < 1.29 is 33.0 Å². The molecule has 1 fully saturated rings. The number of piperazine rings is 1. The molecule has 47 heavy (non-hydrogen) atoms. The Morgan fingerprint density at radius 3 is 2.51 bits per heavy atom. The van der Waals surface area contributed by atoms with Gasteiger partial charge in [0.05, 0.1) is 22.9 Å². The maximum absolute atomic E-state index is 13.9. The molecule has 250 valence electrons. The van der Waals surface area contributed by atoms with Gasteiger partial charge in [-0.1, -0.05) is 18.5 Å². The molecule has 1 saturated heterocycles. The van der Waals surface area contributed by atoms with Crippen molar-refractivity contribution in [3.63, 3.8) is 0 Å². The molecule has 1 aliphatic heterocycles. The van der Waals surface area contributed by atoms with E-state index < -0.39 is 40.7 Å². The van der Waals surface area contributed by atoms with Crippen molar-refractivity contribution >= 4 is 46.5 Å². The highest BCUT2D eigenvalue weighted by Crippen LogP contribution is 2.37. The van der Waals surface area contributed by atoms with Gasteiger partial charge in [0, 0.05) is 44.6 Å². The normalized spacial score (nSPS) is 13.7. The zero-order chi connectivity index (χ0) is 34.0. The third-order valence-electron chi connectivity index (χ3n) is 7.62. The van der Waals surface area contributed by atoms with Gasteiger partial charge in [0.15, 0.2) is 5.69 Å². The largest absolute Gasteiger partial charge is 0.505 e. The summed E-state index contributed by atoms with van der Waals surface area (Å²) in [5.41, 5.74) is -0.894. The maximum Gasteiger partial charge on any atom is 0.417 e. The lowest BCUT2D eigenvalue weighted by Crippen LogP contribution is -2.51. The number of aryl methyl sites for hydroxylation is 1. The number of carbonyl (C=O) groups is 2. The smallest absolute Gasteiger partial charge is 0.417 e. The first kappa shape index (κ1) is 33.5. The molecule has 0 radical (unpaired) electrons. The van der Waals surface area contributed by atoms with Crippen molar-refractivity contribution in [3.8, 4) is 5.75 Å². The van der Waals surface area contributed by atoms with E-state index in [-0.39, 0.29) is 80.3 Å². The van der Waals surface area contributed by atoms with Gasteiger partial charge in [0.2, 0.25) is 17.6 Å². The quantitative estimate of drug-likeness (QED) is 0.207. The number of amides is 2. The number of hydrogen-bond acceptors (Lipinski definition) is 10. The number of anilines is 3. The van der Waals surface area contributed by atoms with E-state index in [9.17, 15) is 37.8 Å². The van der Waals surface area contributed by atoms with Gasteiger partial charge < -0.3 is 35.2 Å². The molecule has 14 nitrogen and oxygen atoms in total. The third kappa shape index (κ3) is 6.80. The molecule has 4 N–H and O–H groups in total. The maximum atomic E-state index is 13.9. The molecule has 0 bridgehead atoms. The molecule has 1 aliphatic rings. The highest BCUT2D eigenvalue weighted by Gasteiger charge is 2.34. The van der Waals surface area contributed by atoms with E-state index in [4.69, 9.17) is 11.6 Å². The van der Waals surface area contributed by atoms with Gasteiger partial charge in [-0.05, 0) is 43.2 Å². The van der Waals surface area contributed by atoms with E-state index in [2.05, 4.69) is 25.7 Å². The van der Waals surface area contributed by atoms with E-state index in [0.29, 0.717) is 11.3 Å². The molecule has 4 aromatic rings. The van der Waals surface area contributed by atoms with Gasteiger partial charge in [-0.25, -0.2) is 4.98 Å². The summed E-state index contributed by atoms with van der Waals surface area (Å²) in [7, 11) is 0. The summed E-state index contributed by atoms with van der Waals surface area (Å²) in [6.07, 6.45) is -3.10. The van der Waals surface area contributed by atoms with Crippen LogP contribution in [0.25, 0.3) is 5.78 Å². The number of benzene rings is 1. The lowest BCUT2D eigenvalue weighted by molar-refractivity contribution is -0.137. The van der Waals surface area contributed by atoms with Crippen LogP contribution in [0.3, 0.4) is 0 Å². The van der Waals surface area contributed by atoms with Crippen LogP contribution in [0.4, 0.5) is 30.5 Å².